The molecule has 0 saturated carbocycles. The van der Waals surface area contributed by atoms with Crippen LogP contribution in [0.2, 0.25) is 0 Å². The van der Waals surface area contributed by atoms with Crippen LogP contribution in [-0.2, 0) is 11.8 Å². The number of carbonyl (C=O) groups excluding carboxylic acids is 1. The molecule has 3 aromatic rings. The zero-order valence-electron chi connectivity index (χ0n) is 16.7. The van der Waals surface area contributed by atoms with E-state index in [0.29, 0.717) is 26.4 Å². The van der Waals surface area contributed by atoms with Crippen LogP contribution in [0.15, 0.2) is 64.3 Å². The minimum absolute atomic E-state index is 0.271. The van der Waals surface area contributed by atoms with E-state index in [4.69, 9.17) is 17.0 Å². The smallest absolute Gasteiger partial charge is 0.296 e. The van der Waals surface area contributed by atoms with E-state index in [1.165, 1.54) is 21.3 Å². The minimum Gasteiger partial charge on any atom is -0.496 e. The highest BCUT2D eigenvalue weighted by molar-refractivity contribution is 8.27. The van der Waals surface area contributed by atoms with Gasteiger partial charge in [-0.15, -0.1) is 0 Å². The third-order valence-electron chi connectivity index (χ3n) is 4.97. The van der Waals surface area contributed by atoms with Crippen molar-refractivity contribution in [2.24, 2.45) is 7.05 Å². The first-order chi connectivity index (χ1) is 14.4. The van der Waals surface area contributed by atoms with Crippen molar-refractivity contribution in [3.8, 4) is 11.4 Å². The van der Waals surface area contributed by atoms with Gasteiger partial charge in [-0.25, -0.2) is 4.68 Å². The van der Waals surface area contributed by atoms with E-state index >= 15 is 0 Å². The summed E-state index contributed by atoms with van der Waals surface area (Å²) in [6.07, 6.45) is 1.74. The van der Waals surface area contributed by atoms with Crippen LogP contribution in [0.1, 0.15) is 11.3 Å². The summed E-state index contributed by atoms with van der Waals surface area (Å²) in [6.45, 7) is 1.80. The molecular formula is C22H19N3O3S2. The molecule has 0 N–H and O–H groups in total. The van der Waals surface area contributed by atoms with Gasteiger partial charge in [-0.3, -0.25) is 19.2 Å². The number of methoxy groups -OCH3 is 1. The number of para-hydroxylation sites is 2. The van der Waals surface area contributed by atoms with Gasteiger partial charge < -0.3 is 4.74 Å². The highest BCUT2D eigenvalue weighted by atomic mass is 32.2. The molecule has 1 fully saturated rings. The molecule has 0 spiro atoms. The lowest BCUT2D eigenvalue weighted by Crippen LogP contribution is -2.33. The van der Waals surface area contributed by atoms with Gasteiger partial charge in [0.15, 0.2) is 4.32 Å². The van der Waals surface area contributed by atoms with Crippen LogP contribution in [0.25, 0.3) is 11.8 Å². The molecule has 1 aromatic heterocycles. The summed E-state index contributed by atoms with van der Waals surface area (Å²) in [5.74, 6) is 0.340. The molecule has 0 bridgehead atoms. The molecule has 2 aromatic carbocycles. The molecule has 1 saturated heterocycles. The largest absolute Gasteiger partial charge is 0.496 e. The normalized spacial score (nSPS) is 15.3. The minimum atomic E-state index is -0.318. The summed E-state index contributed by atoms with van der Waals surface area (Å²) < 4.78 is 8.96. The van der Waals surface area contributed by atoms with Crippen LogP contribution >= 0.6 is 24.0 Å². The van der Waals surface area contributed by atoms with Crippen molar-refractivity contribution in [3.63, 3.8) is 0 Å². The van der Waals surface area contributed by atoms with Crippen molar-refractivity contribution in [1.29, 1.82) is 0 Å². The Hall–Kier alpha value is -3.10. The van der Waals surface area contributed by atoms with Crippen LogP contribution in [0, 0.1) is 6.92 Å². The van der Waals surface area contributed by atoms with Crippen molar-refractivity contribution >= 4 is 46.0 Å². The zero-order chi connectivity index (χ0) is 21.4. The van der Waals surface area contributed by atoms with Crippen molar-refractivity contribution < 1.29 is 9.53 Å². The Morgan fingerprint density at radius 2 is 1.70 bits per heavy atom. The third kappa shape index (κ3) is 3.28. The molecule has 4 rings (SSSR count). The molecule has 30 heavy (non-hydrogen) atoms. The van der Waals surface area contributed by atoms with Gasteiger partial charge in [-0.1, -0.05) is 60.4 Å². The van der Waals surface area contributed by atoms with Crippen molar-refractivity contribution in [3.05, 3.63) is 81.1 Å². The van der Waals surface area contributed by atoms with Crippen LogP contribution in [0.3, 0.4) is 0 Å². The first-order valence-corrected chi connectivity index (χ1v) is 10.4. The second kappa shape index (κ2) is 7.97. The number of thiocarbonyl (C=S) groups is 1. The number of ether oxygens (including phenoxy) is 1. The summed E-state index contributed by atoms with van der Waals surface area (Å²) >= 11 is 6.66. The predicted octanol–water partition coefficient (Wildman–Crippen LogP) is 3.90. The average molecular weight is 438 g/mol. The van der Waals surface area contributed by atoms with E-state index in [-0.39, 0.29) is 17.2 Å². The van der Waals surface area contributed by atoms with E-state index in [9.17, 15) is 9.59 Å². The molecular weight excluding hydrogens is 418 g/mol. The molecule has 0 radical (unpaired) electrons. The Bertz CT molecular complexity index is 1240. The summed E-state index contributed by atoms with van der Waals surface area (Å²) in [5, 5.41) is 0. The van der Waals surface area contributed by atoms with Gasteiger partial charge in [0, 0.05) is 12.6 Å². The number of hydrogen-bond donors (Lipinski definition) is 0. The topological polar surface area (TPSA) is 56.5 Å². The molecule has 1 aliphatic heterocycles. The van der Waals surface area contributed by atoms with Gasteiger partial charge in [0.05, 0.1) is 23.4 Å². The van der Waals surface area contributed by atoms with E-state index in [0.717, 1.165) is 5.56 Å². The molecule has 2 heterocycles. The molecule has 152 valence electrons. The molecule has 0 aliphatic carbocycles. The monoisotopic (exact) mass is 437 g/mol. The molecule has 1 amide bonds. The van der Waals surface area contributed by atoms with Crippen molar-refractivity contribution in [2.45, 2.75) is 6.92 Å². The molecule has 8 heteroatoms. The number of carbonyl (C=O) groups is 1. The van der Waals surface area contributed by atoms with Crippen LogP contribution in [-0.4, -0.2) is 26.7 Å². The Balaban J connectivity index is 1.79. The second-order valence-corrected chi connectivity index (χ2v) is 8.34. The van der Waals surface area contributed by atoms with E-state index < -0.39 is 0 Å². The van der Waals surface area contributed by atoms with E-state index in [1.807, 2.05) is 54.6 Å². The number of benzene rings is 2. The fourth-order valence-corrected chi connectivity index (χ4v) is 4.66. The maximum atomic E-state index is 13.3. The lowest BCUT2D eigenvalue weighted by Gasteiger charge is -2.12. The molecule has 1 aliphatic rings. The second-order valence-electron chi connectivity index (χ2n) is 6.67. The third-order valence-corrected chi connectivity index (χ3v) is 6.27. The van der Waals surface area contributed by atoms with E-state index in [1.54, 1.807) is 31.8 Å². The number of aromatic nitrogens is 2. The van der Waals surface area contributed by atoms with Gasteiger partial charge in [0.25, 0.3) is 11.5 Å². The molecule has 0 unspecified atom stereocenters. The Kier molecular flexibility index (Phi) is 5.36. The fourth-order valence-electron chi connectivity index (χ4n) is 3.40. The molecule has 0 atom stereocenters. The number of nitrogens with zero attached hydrogens (tertiary/aromatic N) is 3. The summed E-state index contributed by atoms with van der Waals surface area (Å²) in [5.41, 5.74) is 2.11. The maximum absolute atomic E-state index is 13.3. The van der Waals surface area contributed by atoms with Crippen LogP contribution in [0.5, 0.6) is 5.75 Å². The number of amides is 1. The Labute approximate surface area is 183 Å². The van der Waals surface area contributed by atoms with Gasteiger partial charge in [0.1, 0.15) is 11.4 Å². The number of anilines is 1. The SMILES string of the molecule is COc1ccccc1C=C1SC(=S)N(c2c(C)n(C)n(-c3ccccc3)c2=O)C1=O. The number of hydrogen-bond acceptors (Lipinski definition) is 5. The number of thioether (sulfide) groups is 1. The van der Waals surface area contributed by atoms with Crippen molar-refractivity contribution in [1.82, 2.24) is 9.36 Å². The quantitative estimate of drug-likeness (QED) is 0.458. The highest BCUT2D eigenvalue weighted by Crippen LogP contribution is 2.37. The first-order valence-electron chi connectivity index (χ1n) is 9.19. The number of rotatable bonds is 4. The van der Waals surface area contributed by atoms with E-state index in [2.05, 4.69) is 0 Å². The standard InChI is InChI=1S/C22H19N3O3S2/c1-14-19(21(27)25(23(14)2)16-10-5-4-6-11-16)24-20(26)18(30-22(24)29)13-15-9-7-8-12-17(15)28-3/h4-13H,1-3H3. The van der Waals surface area contributed by atoms with Gasteiger partial charge in [0.2, 0.25) is 0 Å². The summed E-state index contributed by atoms with van der Waals surface area (Å²) in [7, 11) is 3.37. The van der Waals surface area contributed by atoms with Gasteiger partial charge in [-0.2, -0.15) is 0 Å². The van der Waals surface area contributed by atoms with Crippen LogP contribution < -0.4 is 15.2 Å². The van der Waals surface area contributed by atoms with Crippen molar-refractivity contribution in [2.75, 3.05) is 12.0 Å². The Morgan fingerprint density at radius 3 is 2.40 bits per heavy atom. The summed E-state index contributed by atoms with van der Waals surface area (Å²) in [4.78, 5) is 28.3. The van der Waals surface area contributed by atoms with Crippen LogP contribution in [0.4, 0.5) is 5.69 Å². The lowest BCUT2D eigenvalue weighted by atomic mass is 10.2. The average Bonchev–Trinajstić information content (AvgIpc) is 3.14. The zero-order valence-corrected chi connectivity index (χ0v) is 18.3. The van der Waals surface area contributed by atoms with Gasteiger partial charge >= 0.3 is 0 Å². The first kappa shape index (κ1) is 20.2. The fraction of sp³-hybridized carbons (Fsp3) is 0.136. The Morgan fingerprint density at radius 1 is 1.03 bits per heavy atom. The summed E-state index contributed by atoms with van der Waals surface area (Å²) in [6, 6.07) is 16.7. The lowest BCUT2D eigenvalue weighted by molar-refractivity contribution is -0.113. The highest BCUT2D eigenvalue weighted by Gasteiger charge is 2.37. The predicted molar refractivity (Wildman–Crippen MR) is 124 cm³/mol. The van der Waals surface area contributed by atoms with Gasteiger partial charge in [-0.05, 0) is 31.2 Å². The molecule has 6 nitrogen and oxygen atoms in total. The maximum Gasteiger partial charge on any atom is 0.296 e.